The second kappa shape index (κ2) is 11.1. The van der Waals surface area contributed by atoms with Gasteiger partial charge in [-0.3, -0.25) is 9.89 Å². The number of aliphatic imine (C=N–C) groups is 1. The molecule has 0 aromatic carbocycles. The lowest BCUT2D eigenvalue weighted by Crippen LogP contribution is -2.52. The summed E-state index contributed by atoms with van der Waals surface area (Å²) >= 11 is 1.53. The zero-order chi connectivity index (χ0) is 19.3. The molecule has 3 fully saturated rings. The van der Waals surface area contributed by atoms with Crippen molar-refractivity contribution in [3.8, 4) is 0 Å². The van der Waals surface area contributed by atoms with E-state index in [-0.39, 0.29) is 24.0 Å². The SMILES string of the molecule is CCNC(=NCCN(CC1CC1)C1CC1)N1CCN(c2nc(CC)ns2)CC1.I. The van der Waals surface area contributed by atoms with Crippen LogP contribution in [0.5, 0.6) is 0 Å². The first kappa shape index (κ1) is 23.0. The molecule has 1 N–H and O–H groups in total. The van der Waals surface area contributed by atoms with Crippen LogP contribution >= 0.6 is 35.5 Å². The Kier molecular flexibility index (Phi) is 8.79. The first-order valence-corrected chi connectivity index (χ1v) is 11.9. The summed E-state index contributed by atoms with van der Waals surface area (Å²) in [6, 6.07) is 0.849. The smallest absolute Gasteiger partial charge is 0.205 e. The van der Waals surface area contributed by atoms with E-state index in [1.165, 1.54) is 43.8 Å². The molecule has 0 bridgehead atoms. The van der Waals surface area contributed by atoms with Crippen LogP contribution in [0.25, 0.3) is 0 Å². The molecule has 29 heavy (non-hydrogen) atoms. The van der Waals surface area contributed by atoms with Gasteiger partial charge in [-0.1, -0.05) is 6.92 Å². The Morgan fingerprint density at radius 3 is 2.52 bits per heavy atom. The Balaban J connectivity index is 0.00000240. The number of anilines is 1. The molecule has 7 nitrogen and oxygen atoms in total. The summed E-state index contributed by atoms with van der Waals surface area (Å²) in [6.45, 7) is 12.4. The summed E-state index contributed by atoms with van der Waals surface area (Å²) in [7, 11) is 0. The maximum Gasteiger partial charge on any atom is 0.205 e. The first-order chi connectivity index (χ1) is 13.8. The van der Waals surface area contributed by atoms with Gasteiger partial charge in [-0.2, -0.15) is 4.37 Å². The number of rotatable bonds is 9. The molecule has 0 amide bonds. The number of guanidine groups is 1. The standard InChI is InChI=1S/C20H35N7S.HI/c1-3-18-23-20(28-24-18)26-13-11-25(12-14-26)19(21-4-2)22-9-10-27(17-7-8-17)15-16-5-6-16;/h16-17H,3-15H2,1-2H3,(H,21,22);1H. The van der Waals surface area contributed by atoms with Crippen molar-refractivity contribution in [3.63, 3.8) is 0 Å². The van der Waals surface area contributed by atoms with E-state index in [1.54, 1.807) is 0 Å². The van der Waals surface area contributed by atoms with Crippen molar-refractivity contribution in [2.24, 2.45) is 10.9 Å². The third-order valence-corrected chi connectivity index (χ3v) is 6.67. The van der Waals surface area contributed by atoms with Gasteiger partial charge in [-0.15, -0.1) is 24.0 Å². The van der Waals surface area contributed by atoms with E-state index < -0.39 is 0 Å². The molecule has 2 aliphatic carbocycles. The zero-order valence-electron chi connectivity index (χ0n) is 17.8. The molecule has 1 saturated heterocycles. The number of aromatic nitrogens is 2. The monoisotopic (exact) mass is 533 g/mol. The largest absolute Gasteiger partial charge is 0.357 e. The molecular formula is C20H36IN7S. The molecule has 1 aromatic heterocycles. The Hall–Kier alpha value is -0.680. The van der Waals surface area contributed by atoms with Crippen molar-refractivity contribution in [1.29, 1.82) is 0 Å². The summed E-state index contributed by atoms with van der Waals surface area (Å²) in [6.07, 6.45) is 6.57. The topological polar surface area (TPSA) is 59.9 Å². The van der Waals surface area contributed by atoms with Crippen molar-refractivity contribution in [2.75, 3.05) is 57.3 Å². The first-order valence-electron chi connectivity index (χ1n) is 11.1. The van der Waals surface area contributed by atoms with Crippen LogP contribution in [0.2, 0.25) is 0 Å². The van der Waals surface area contributed by atoms with Gasteiger partial charge in [0.25, 0.3) is 0 Å². The fraction of sp³-hybridized carbons (Fsp3) is 0.850. The highest BCUT2D eigenvalue weighted by molar-refractivity contribution is 14.0. The Morgan fingerprint density at radius 2 is 1.93 bits per heavy atom. The van der Waals surface area contributed by atoms with Gasteiger partial charge in [-0.05, 0) is 38.5 Å². The second-order valence-corrected chi connectivity index (χ2v) is 8.96. The normalized spacial score (nSPS) is 20.2. The number of hydrogen-bond donors (Lipinski definition) is 1. The van der Waals surface area contributed by atoms with Crippen molar-refractivity contribution in [2.45, 2.75) is 52.0 Å². The van der Waals surface area contributed by atoms with E-state index >= 15 is 0 Å². The minimum absolute atomic E-state index is 0. The van der Waals surface area contributed by atoms with Crippen LogP contribution < -0.4 is 10.2 Å². The second-order valence-electron chi connectivity index (χ2n) is 8.23. The van der Waals surface area contributed by atoms with Gasteiger partial charge in [-0.25, -0.2) is 4.98 Å². The number of piperazine rings is 1. The fourth-order valence-corrected chi connectivity index (χ4v) is 4.63. The number of nitrogens with zero attached hydrogens (tertiary/aromatic N) is 6. The van der Waals surface area contributed by atoms with Crippen LogP contribution in [-0.2, 0) is 6.42 Å². The van der Waals surface area contributed by atoms with Crippen LogP contribution in [0.15, 0.2) is 4.99 Å². The number of halogens is 1. The maximum atomic E-state index is 4.98. The van der Waals surface area contributed by atoms with Gasteiger partial charge in [0.15, 0.2) is 5.96 Å². The number of aryl methyl sites for hydroxylation is 1. The molecule has 0 spiro atoms. The van der Waals surface area contributed by atoms with Gasteiger partial charge in [0, 0.05) is 69.8 Å². The molecule has 9 heteroatoms. The molecular weight excluding hydrogens is 497 g/mol. The van der Waals surface area contributed by atoms with Crippen LogP contribution in [-0.4, -0.2) is 83.5 Å². The van der Waals surface area contributed by atoms with E-state index in [4.69, 9.17) is 4.99 Å². The summed E-state index contributed by atoms with van der Waals surface area (Å²) in [4.78, 5) is 17.1. The van der Waals surface area contributed by atoms with Gasteiger partial charge in [0.05, 0.1) is 6.54 Å². The average Bonchev–Trinajstić information content (AvgIpc) is 3.65. The number of hydrogen-bond acceptors (Lipinski definition) is 6. The molecule has 1 aromatic rings. The predicted octanol–water partition coefficient (Wildman–Crippen LogP) is 2.68. The highest BCUT2D eigenvalue weighted by Gasteiger charge is 2.33. The van der Waals surface area contributed by atoms with Gasteiger partial charge >= 0.3 is 0 Å². The van der Waals surface area contributed by atoms with E-state index in [0.717, 1.165) is 81.1 Å². The van der Waals surface area contributed by atoms with Crippen LogP contribution in [0.1, 0.15) is 45.4 Å². The van der Waals surface area contributed by atoms with Crippen LogP contribution in [0.3, 0.4) is 0 Å². The Bertz CT molecular complexity index is 651. The fourth-order valence-electron chi connectivity index (χ4n) is 3.83. The van der Waals surface area contributed by atoms with Gasteiger partial charge in [0.1, 0.15) is 5.82 Å². The van der Waals surface area contributed by atoms with Crippen molar-refractivity contribution in [1.82, 2.24) is 24.5 Å². The predicted molar refractivity (Wildman–Crippen MR) is 132 cm³/mol. The van der Waals surface area contributed by atoms with Gasteiger partial charge < -0.3 is 15.1 Å². The van der Waals surface area contributed by atoms with Crippen molar-refractivity contribution >= 4 is 46.6 Å². The third kappa shape index (κ3) is 6.65. The Morgan fingerprint density at radius 1 is 1.17 bits per heavy atom. The van der Waals surface area contributed by atoms with E-state index in [9.17, 15) is 0 Å². The lowest BCUT2D eigenvalue weighted by Gasteiger charge is -2.36. The van der Waals surface area contributed by atoms with Gasteiger partial charge in [0.2, 0.25) is 5.13 Å². The van der Waals surface area contributed by atoms with E-state index in [2.05, 4.69) is 43.2 Å². The summed E-state index contributed by atoms with van der Waals surface area (Å²) in [5, 5.41) is 4.57. The Labute approximate surface area is 196 Å². The van der Waals surface area contributed by atoms with Crippen molar-refractivity contribution < 1.29 is 0 Å². The summed E-state index contributed by atoms with van der Waals surface area (Å²) in [5.74, 6) is 3.01. The van der Waals surface area contributed by atoms with Crippen LogP contribution in [0, 0.1) is 5.92 Å². The van der Waals surface area contributed by atoms with Crippen LogP contribution in [0.4, 0.5) is 5.13 Å². The highest BCUT2D eigenvalue weighted by atomic mass is 127. The molecule has 0 atom stereocenters. The molecule has 4 rings (SSSR count). The molecule has 3 aliphatic rings. The van der Waals surface area contributed by atoms with E-state index in [0.29, 0.717) is 0 Å². The molecule has 0 radical (unpaired) electrons. The van der Waals surface area contributed by atoms with E-state index in [1.807, 2.05) is 0 Å². The quantitative estimate of drug-likeness (QED) is 0.299. The summed E-state index contributed by atoms with van der Waals surface area (Å²) in [5.41, 5.74) is 0. The average molecular weight is 534 g/mol. The zero-order valence-corrected chi connectivity index (χ0v) is 21.0. The molecule has 0 unspecified atom stereocenters. The minimum Gasteiger partial charge on any atom is -0.357 e. The molecule has 2 heterocycles. The third-order valence-electron chi connectivity index (χ3n) is 5.86. The molecule has 1 aliphatic heterocycles. The highest BCUT2D eigenvalue weighted by Crippen LogP contribution is 2.34. The summed E-state index contributed by atoms with van der Waals surface area (Å²) < 4.78 is 4.43. The minimum atomic E-state index is 0. The molecule has 2 saturated carbocycles. The lowest BCUT2D eigenvalue weighted by atomic mass is 10.3. The van der Waals surface area contributed by atoms with Crippen molar-refractivity contribution in [3.05, 3.63) is 5.82 Å². The lowest BCUT2D eigenvalue weighted by molar-refractivity contribution is 0.259. The molecule has 164 valence electrons. The maximum absolute atomic E-state index is 4.98. The number of nitrogens with one attached hydrogen (secondary N) is 1.